The van der Waals surface area contributed by atoms with Gasteiger partial charge in [-0.15, -0.1) is 12.4 Å². The first-order valence-electron chi connectivity index (χ1n) is 5.79. The van der Waals surface area contributed by atoms with Crippen LogP contribution >= 0.6 is 12.4 Å². The molecule has 0 aliphatic heterocycles. The van der Waals surface area contributed by atoms with Crippen molar-refractivity contribution in [2.24, 2.45) is 5.73 Å². The first kappa shape index (κ1) is 16.9. The molecule has 1 amide bonds. The van der Waals surface area contributed by atoms with Gasteiger partial charge in [0.25, 0.3) is 0 Å². The Kier molecular flexibility index (Phi) is 7.59. The summed E-state index contributed by atoms with van der Waals surface area (Å²) in [5.41, 5.74) is 6.31. The maximum atomic E-state index is 11.4. The lowest BCUT2D eigenvalue weighted by molar-refractivity contribution is -0.122. The summed E-state index contributed by atoms with van der Waals surface area (Å²) >= 11 is 0. The average molecular weight is 273 g/mol. The van der Waals surface area contributed by atoms with Gasteiger partial charge in [0.05, 0.1) is 12.1 Å². The monoisotopic (exact) mass is 272 g/mol. The minimum atomic E-state index is -0.570. The fourth-order valence-electron chi connectivity index (χ4n) is 1.58. The normalized spacial score (nSPS) is 15.1. The van der Waals surface area contributed by atoms with E-state index in [1.165, 1.54) is 0 Å². The van der Waals surface area contributed by atoms with Crippen molar-refractivity contribution in [3.8, 4) is 0 Å². The van der Waals surface area contributed by atoms with Crippen LogP contribution in [0.25, 0.3) is 0 Å². The molecule has 0 fully saturated rings. The van der Waals surface area contributed by atoms with Crippen molar-refractivity contribution in [2.75, 3.05) is 0 Å². The topological polar surface area (TPSA) is 75.3 Å². The van der Waals surface area contributed by atoms with E-state index in [0.717, 1.165) is 5.56 Å². The quantitative estimate of drug-likeness (QED) is 0.758. The second-order valence-electron chi connectivity index (χ2n) is 4.36. The van der Waals surface area contributed by atoms with Crippen molar-refractivity contribution < 1.29 is 9.90 Å². The zero-order valence-electron chi connectivity index (χ0n) is 10.7. The highest BCUT2D eigenvalue weighted by Gasteiger charge is 2.15. The summed E-state index contributed by atoms with van der Waals surface area (Å²) in [5, 5.41) is 12.7. The minimum absolute atomic E-state index is 0. The lowest BCUT2D eigenvalue weighted by Gasteiger charge is -2.19. The van der Waals surface area contributed by atoms with Crippen molar-refractivity contribution in [1.29, 1.82) is 0 Å². The van der Waals surface area contributed by atoms with Crippen molar-refractivity contribution in [1.82, 2.24) is 5.32 Å². The average Bonchev–Trinajstić information content (AvgIpc) is 2.29. The molecule has 1 rings (SSSR count). The Morgan fingerprint density at radius 2 is 1.89 bits per heavy atom. The summed E-state index contributed by atoms with van der Waals surface area (Å²) in [6.07, 6.45) is -0.0952. The smallest absolute Gasteiger partial charge is 0.236 e. The van der Waals surface area contributed by atoms with Gasteiger partial charge in [0.15, 0.2) is 0 Å². The van der Waals surface area contributed by atoms with E-state index in [2.05, 4.69) is 5.32 Å². The van der Waals surface area contributed by atoms with Crippen LogP contribution in [0.3, 0.4) is 0 Å². The lowest BCUT2D eigenvalue weighted by Crippen LogP contribution is -2.43. The van der Waals surface area contributed by atoms with Gasteiger partial charge in [-0.05, 0) is 25.8 Å². The zero-order valence-corrected chi connectivity index (χ0v) is 11.5. The van der Waals surface area contributed by atoms with Gasteiger partial charge in [0, 0.05) is 6.04 Å². The molecule has 5 heteroatoms. The Labute approximate surface area is 114 Å². The first-order valence-corrected chi connectivity index (χ1v) is 5.79. The Morgan fingerprint density at radius 3 is 2.39 bits per heavy atom. The third-order valence-corrected chi connectivity index (χ3v) is 2.56. The molecule has 0 aromatic heterocycles. The molecule has 0 bridgehead atoms. The number of benzene rings is 1. The predicted molar refractivity (Wildman–Crippen MR) is 74.5 cm³/mol. The Hall–Kier alpha value is -1.10. The van der Waals surface area contributed by atoms with Gasteiger partial charge in [-0.25, -0.2) is 0 Å². The van der Waals surface area contributed by atoms with Crippen LogP contribution in [-0.4, -0.2) is 23.1 Å². The predicted octanol–water partition coefficient (Wildman–Crippen LogP) is 1.38. The van der Waals surface area contributed by atoms with E-state index in [9.17, 15) is 9.90 Å². The van der Waals surface area contributed by atoms with E-state index < -0.39 is 12.1 Å². The molecule has 0 aliphatic carbocycles. The molecule has 3 atom stereocenters. The molecule has 0 saturated heterocycles. The van der Waals surface area contributed by atoms with Gasteiger partial charge in [-0.3, -0.25) is 4.79 Å². The molecule has 18 heavy (non-hydrogen) atoms. The van der Waals surface area contributed by atoms with Crippen molar-refractivity contribution in [3.63, 3.8) is 0 Å². The highest BCUT2D eigenvalue weighted by Crippen LogP contribution is 2.17. The molecule has 0 radical (unpaired) electrons. The molecule has 4 N–H and O–H groups in total. The van der Waals surface area contributed by atoms with Crippen LogP contribution in [0, 0.1) is 0 Å². The molecule has 102 valence electrons. The van der Waals surface area contributed by atoms with E-state index in [0.29, 0.717) is 6.42 Å². The summed E-state index contributed by atoms with van der Waals surface area (Å²) in [6.45, 7) is 3.49. The van der Waals surface area contributed by atoms with Crippen LogP contribution in [-0.2, 0) is 4.79 Å². The van der Waals surface area contributed by atoms with Crippen LogP contribution < -0.4 is 11.1 Å². The van der Waals surface area contributed by atoms with Crippen molar-refractivity contribution >= 4 is 18.3 Å². The lowest BCUT2D eigenvalue weighted by atomic mass is 10.0. The van der Waals surface area contributed by atoms with Crippen molar-refractivity contribution in [3.05, 3.63) is 35.9 Å². The fraction of sp³-hybridized carbons (Fsp3) is 0.462. The number of rotatable bonds is 5. The molecule has 1 aromatic carbocycles. The summed E-state index contributed by atoms with van der Waals surface area (Å²) < 4.78 is 0. The number of nitrogens with two attached hydrogens (primary N) is 1. The van der Waals surface area contributed by atoms with Gasteiger partial charge in [-0.2, -0.15) is 0 Å². The SMILES string of the molecule is CC(CC(O)c1ccccc1)NC(=O)[C@H](C)N.Cl. The molecule has 0 aliphatic rings. The summed E-state index contributed by atoms with van der Waals surface area (Å²) in [6, 6.07) is 8.76. The molecule has 0 spiro atoms. The number of aliphatic hydroxyl groups is 1. The highest BCUT2D eigenvalue weighted by atomic mass is 35.5. The summed E-state index contributed by atoms with van der Waals surface area (Å²) in [4.78, 5) is 11.4. The Bertz CT molecular complexity index is 357. The van der Waals surface area contributed by atoms with Crippen LogP contribution in [0.2, 0.25) is 0 Å². The minimum Gasteiger partial charge on any atom is -0.388 e. The summed E-state index contributed by atoms with van der Waals surface area (Å²) in [7, 11) is 0. The number of amides is 1. The van der Waals surface area contributed by atoms with Crippen LogP contribution in [0.4, 0.5) is 0 Å². The number of nitrogens with one attached hydrogen (secondary N) is 1. The second kappa shape index (κ2) is 8.08. The number of carbonyl (C=O) groups is 1. The number of hydrogen-bond acceptors (Lipinski definition) is 3. The van der Waals surface area contributed by atoms with E-state index >= 15 is 0 Å². The highest BCUT2D eigenvalue weighted by molar-refractivity contribution is 5.85. The number of hydrogen-bond donors (Lipinski definition) is 3. The Morgan fingerprint density at radius 1 is 1.33 bits per heavy atom. The molecular formula is C13H21ClN2O2. The van der Waals surface area contributed by atoms with Crippen LogP contribution in [0.1, 0.15) is 31.9 Å². The van der Waals surface area contributed by atoms with Gasteiger partial charge >= 0.3 is 0 Å². The number of carbonyl (C=O) groups excluding carboxylic acids is 1. The second-order valence-corrected chi connectivity index (χ2v) is 4.36. The largest absolute Gasteiger partial charge is 0.388 e. The zero-order chi connectivity index (χ0) is 12.8. The third kappa shape index (κ3) is 5.49. The number of aliphatic hydroxyl groups excluding tert-OH is 1. The van der Waals surface area contributed by atoms with Gasteiger partial charge in [0.1, 0.15) is 0 Å². The molecule has 2 unspecified atom stereocenters. The summed E-state index contributed by atoms with van der Waals surface area (Å²) in [5.74, 6) is -0.197. The standard InChI is InChI=1S/C13H20N2O2.ClH/c1-9(15-13(17)10(2)14)8-12(16)11-6-4-3-5-7-11;/h3-7,9-10,12,16H,8,14H2,1-2H3,(H,15,17);1H/t9?,10-,12?;/m0./s1. The van der Waals surface area contributed by atoms with Crippen LogP contribution in [0.15, 0.2) is 30.3 Å². The molecule has 0 heterocycles. The maximum absolute atomic E-state index is 11.4. The van der Waals surface area contributed by atoms with E-state index in [1.54, 1.807) is 6.92 Å². The van der Waals surface area contributed by atoms with Crippen LogP contribution in [0.5, 0.6) is 0 Å². The van der Waals surface area contributed by atoms with Gasteiger partial charge < -0.3 is 16.2 Å². The van der Waals surface area contributed by atoms with Gasteiger partial charge in [-0.1, -0.05) is 30.3 Å². The van der Waals surface area contributed by atoms with E-state index in [4.69, 9.17) is 5.73 Å². The molecule has 1 aromatic rings. The third-order valence-electron chi connectivity index (χ3n) is 2.56. The number of halogens is 1. The molecular weight excluding hydrogens is 252 g/mol. The van der Waals surface area contributed by atoms with Gasteiger partial charge in [0.2, 0.25) is 5.91 Å². The van der Waals surface area contributed by atoms with Crippen molar-refractivity contribution in [2.45, 2.75) is 38.5 Å². The van der Waals surface area contributed by atoms with E-state index in [-0.39, 0.29) is 24.4 Å². The first-order chi connectivity index (χ1) is 8.00. The Balaban J connectivity index is 0.00000289. The molecule has 4 nitrogen and oxygen atoms in total. The van der Waals surface area contributed by atoms with E-state index in [1.807, 2.05) is 37.3 Å². The maximum Gasteiger partial charge on any atom is 0.236 e. The molecule has 0 saturated carbocycles. The fourth-order valence-corrected chi connectivity index (χ4v) is 1.58.